The summed E-state index contributed by atoms with van der Waals surface area (Å²) in [5.74, 6) is 2.17. The highest BCUT2D eigenvalue weighted by molar-refractivity contribution is 14.0. The third-order valence-electron chi connectivity index (χ3n) is 3.40. The Bertz CT molecular complexity index is 415. The number of nitrogens with zero attached hydrogens (tertiary/aromatic N) is 1. The van der Waals surface area contributed by atoms with Crippen molar-refractivity contribution in [2.45, 2.75) is 32.6 Å². The van der Waals surface area contributed by atoms with Crippen molar-refractivity contribution >= 4 is 29.9 Å². The van der Waals surface area contributed by atoms with Gasteiger partial charge < -0.3 is 20.2 Å². The molecular formula is C17H30IN3O2. The number of aliphatic imine (C=N–C) groups is 1. The first-order valence-electron chi connectivity index (χ1n) is 8.06. The number of aliphatic hydroxyl groups is 1. The van der Waals surface area contributed by atoms with Crippen molar-refractivity contribution in [2.75, 3.05) is 26.2 Å². The van der Waals surface area contributed by atoms with Crippen LogP contribution in [-0.2, 0) is 6.42 Å². The predicted octanol–water partition coefficient (Wildman–Crippen LogP) is 2.96. The van der Waals surface area contributed by atoms with E-state index in [1.54, 1.807) is 12.3 Å². The number of rotatable bonds is 11. The maximum Gasteiger partial charge on any atom is 0.191 e. The molecule has 0 aliphatic rings. The first-order chi connectivity index (χ1) is 10.8. The first-order valence-corrected chi connectivity index (χ1v) is 8.06. The number of nitrogens with one attached hydrogen (secondary N) is 2. The molecule has 1 heterocycles. The van der Waals surface area contributed by atoms with Crippen molar-refractivity contribution in [2.24, 2.45) is 10.9 Å². The SMILES string of the molecule is C=CCNC(=NCC(CCC)CCO)NCCc1ccco1.I. The molecule has 0 fully saturated rings. The molecule has 0 spiro atoms. The predicted molar refractivity (Wildman–Crippen MR) is 106 cm³/mol. The summed E-state index contributed by atoms with van der Waals surface area (Å²) in [6.45, 7) is 8.25. The topological polar surface area (TPSA) is 69.8 Å². The van der Waals surface area contributed by atoms with Crippen molar-refractivity contribution in [3.8, 4) is 0 Å². The first kappa shape index (κ1) is 22.0. The van der Waals surface area contributed by atoms with Gasteiger partial charge in [0.25, 0.3) is 0 Å². The van der Waals surface area contributed by atoms with Crippen LogP contribution in [0, 0.1) is 5.92 Å². The number of halogens is 1. The lowest BCUT2D eigenvalue weighted by Crippen LogP contribution is -2.39. The highest BCUT2D eigenvalue weighted by Crippen LogP contribution is 2.10. The molecule has 0 saturated carbocycles. The van der Waals surface area contributed by atoms with E-state index in [0.29, 0.717) is 12.5 Å². The molecule has 0 aliphatic heterocycles. The van der Waals surface area contributed by atoms with Gasteiger partial charge in [-0.2, -0.15) is 0 Å². The minimum atomic E-state index is 0. The molecule has 0 aromatic carbocycles. The van der Waals surface area contributed by atoms with Crippen LogP contribution in [0.3, 0.4) is 0 Å². The minimum absolute atomic E-state index is 0. The Balaban J connectivity index is 0.00000484. The largest absolute Gasteiger partial charge is 0.469 e. The van der Waals surface area contributed by atoms with Gasteiger partial charge in [-0.1, -0.05) is 19.4 Å². The second kappa shape index (κ2) is 14.6. The molecule has 0 aliphatic carbocycles. The van der Waals surface area contributed by atoms with E-state index in [4.69, 9.17) is 9.52 Å². The van der Waals surface area contributed by atoms with Crippen LogP contribution >= 0.6 is 24.0 Å². The van der Waals surface area contributed by atoms with Gasteiger partial charge >= 0.3 is 0 Å². The Labute approximate surface area is 156 Å². The summed E-state index contributed by atoms with van der Waals surface area (Å²) in [6, 6.07) is 3.86. The zero-order valence-electron chi connectivity index (χ0n) is 14.0. The maximum absolute atomic E-state index is 9.11. The molecule has 1 unspecified atom stereocenters. The Morgan fingerprint density at radius 1 is 1.43 bits per heavy atom. The van der Waals surface area contributed by atoms with Crippen LogP contribution in [0.1, 0.15) is 31.9 Å². The molecule has 23 heavy (non-hydrogen) atoms. The number of aliphatic hydroxyl groups excluding tert-OH is 1. The van der Waals surface area contributed by atoms with Gasteiger partial charge in [0.2, 0.25) is 0 Å². The standard InChI is InChI=1S/C17H29N3O2.HI/c1-3-6-15(9-12-21)14-20-17(18-10-4-2)19-11-8-16-7-5-13-22-16;/h4-5,7,13,15,21H,2-3,6,8-12,14H2,1H3,(H2,18,19,20);1H. The Morgan fingerprint density at radius 2 is 2.26 bits per heavy atom. The van der Waals surface area contributed by atoms with Crippen LogP contribution in [0.15, 0.2) is 40.5 Å². The van der Waals surface area contributed by atoms with Crippen molar-refractivity contribution in [1.82, 2.24) is 10.6 Å². The number of guanidine groups is 1. The van der Waals surface area contributed by atoms with Crippen LogP contribution < -0.4 is 10.6 Å². The van der Waals surface area contributed by atoms with Crippen LogP contribution in [0.4, 0.5) is 0 Å². The van der Waals surface area contributed by atoms with E-state index in [9.17, 15) is 0 Å². The summed E-state index contributed by atoms with van der Waals surface area (Å²) in [4.78, 5) is 4.62. The number of hydrogen-bond acceptors (Lipinski definition) is 3. The fourth-order valence-electron chi connectivity index (χ4n) is 2.24. The molecular weight excluding hydrogens is 405 g/mol. The van der Waals surface area contributed by atoms with E-state index in [0.717, 1.165) is 50.5 Å². The van der Waals surface area contributed by atoms with E-state index in [-0.39, 0.29) is 30.6 Å². The molecule has 1 atom stereocenters. The molecule has 1 aromatic heterocycles. The highest BCUT2D eigenvalue weighted by atomic mass is 127. The summed E-state index contributed by atoms with van der Waals surface area (Å²) >= 11 is 0. The van der Waals surface area contributed by atoms with Gasteiger partial charge in [-0.15, -0.1) is 30.6 Å². The van der Waals surface area contributed by atoms with Gasteiger partial charge in [-0.25, -0.2) is 0 Å². The zero-order valence-corrected chi connectivity index (χ0v) is 16.3. The van der Waals surface area contributed by atoms with E-state index < -0.39 is 0 Å². The summed E-state index contributed by atoms with van der Waals surface area (Å²) in [5, 5.41) is 15.6. The van der Waals surface area contributed by atoms with E-state index >= 15 is 0 Å². The fraction of sp³-hybridized carbons (Fsp3) is 0.588. The normalized spacial score (nSPS) is 12.3. The van der Waals surface area contributed by atoms with Crippen LogP contribution in [-0.4, -0.2) is 37.3 Å². The summed E-state index contributed by atoms with van der Waals surface area (Å²) < 4.78 is 5.31. The molecule has 132 valence electrons. The lowest BCUT2D eigenvalue weighted by molar-refractivity contribution is 0.253. The van der Waals surface area contributed by atoms with Gasteiger partial charge in [0.1, 0.15) is 5.76 Å². The molecule has 0 saturated heterocycles. The summed E-state index contributed by atoms with van der Waals surface area (Å²) in [6.07, 6.45) is 7.31. The Morgan fingerprint density at radius 3 is 2.87 bits per heavy atom. The average Bonchev–Trinajstić information content (AvgIpc) is 3.03. The number of hydrogen-bond donors (Lipinski definition) is 3. The van der Waals surface area contributed by atoms with Gasteiger partial charge in [0, 0.05) is 32.7 Å². The fourth-order valence-corrected chi connectivity index (χ4v) is 2.24. The lowest BCUT2D eigenvalue weighted by atomic mass is 10.0. The lowest BCUT2D eigenvalue weighted by Gasteiger charge is -2.15. The van der Waals surface area contributed by atoms with Crippen LogP contribution in [0.25, 0.3) is 0 Å². The average molecular weight is 435 g/mol. The van der Waals surface area contributed by atoms with Crippen LogP contribution in [0.2, 0.25) is 0 Å². The van der Waals surface area contributed by atoms with Gasteiger partial charge in [0.15, 0.2) is 5.96 Å². The molecule has 0 amide bonds. The maximum atomic E-state index is 9.11. The molecule has 6 heteroatoms. The summed E-state index contributed by atoms with van der Waals surface area (Å²) in [5.41, 5.74) is 0. The highest BCUT2D eigenvalue weighted by Gasteiger charge is 2.07. The van der Waals surface area contributed by atoms with Crippen molar-refractivity contribution in [3.05, 3.63) is 36.8 Å². The smallest absolute Gasteiger partial charge is 0.191 e. The van der Waals surface area contributed by atoms with Crippen molar-refractivity contribution < 1.29 is 9.52 Å². The van der Waals surface area contributed by atoms with Crippen LogP contribution in [0.5, 0.6) is 0 Å². The monoisotopic (exact) mass is 435 g/mol. The van der Waals surface area contributed by atoms with Gasteiger partial charge in [-0.05, 0) is 30.9 Å². The third kappa shape index (κ3) is 10.4. The zero-order chi connectivity index (χ0) is 16.0. The van der Waals surface area contributed by atoms with E-state index in [1.165, 1.54) is 0 Å². The number of furan rings is 1. The Kier molecular flexibility index (Phi) is 13.9. The molecule has 0 radical (unpaired) electrons. The van der Waals surface area contributed by atoms with Gasteiger partial charge in [-0.3, -0.25) is 4.99 Å². The van der Waals surface area contributed by atoms with Crippen molar-refractivity contribution in [1.29, 1.82) is 0 Å². The molecule has 3 N–H and O–H groups in total. The quantitative estimate of drug-likeness (QED) is 0.216. The van der Waals surface area contributed by atoms with E-state index in [1.807, 2.05) is 12.1 Å². The second-order valence-corrected chi connectivity index (χ2v) is 5.28. The summed E-state index contributed by atoms with van der Waals surface area (Å²) in [7, 11) is 0. The third-order valence-corrected chi connectivity index (χ3v) is 3.40. The Hall–Kier alpha value is -1.02. The second-order valence-electron chi connectivity index (χ2n) is 5.28. The minimum Gasteiger partial charge on any atom is -0.469 e. The van der Waals surface area contributed by atoms with E-state index in [2.05, 4.69) is 29.1 Å². The molecule has 5 nitrogen and oxygen atoms in total. The molecule has 1 rings (SSSR count). The van der Waals surface area contributed by atoms with Crippen molar-refractivity contribution in [3.63, 3.8) is 0 Å². The molecule has 1 aromatic rings. The van der Waals surface area contributed by atoms with Gasteiger partial charge in [0.05, 0.1) is 6.26 Å². The molecule has 0 bridgehead atoms.